The maximum atomic E-state index is 11.6. The van der Waals surface area contributed by atoms with Gasteiger partial charge in [0.1, 0.15) is 6.10 Å². The summed E-state index contributed by atoms with van der Waals surface area (Å²) in [5.74, 6) is -0.312. The van der Waals surface area contributed by atoms with Gasteiger partial charge in [0, 0.05) is 12.0 Å². The maximum absolute atomic E-state index is 11.6. The van der Waals surface area contributed by atoms with Gasteiger partial charge in [-0.3, -0.25) is 0 Å². The van der Waals surface area contributed by atoms with E-state index >= 15 is 0 Å². The number of rotatable bonds is 28. The highest BCUT2D eigenvalue weighted by molar-refractivity contribution is 5.90. The Kier molecular flexibility index (Phi) is 23.3. The predicted octanol–water partition coefficient (Wildman–Crippen LogP) is 7.85. The van der Waals surface area contributed by atoms with Crippen molar-refractivity contribution in [2.45, 2.75) is 192 Å². The average molecular weight is 581 g/mol. The molecular formula is C35H64O6. The van der Waals surface area contributed by atoms with E-state index < -0.39 is 18.3 Å². The quantitative estimate of drug-likeness (QED) is 0.0426. The molecule has 0 aromatic heterocycles. The minimum Gasteiger partial charge on any atom is -0.455 e. The van der Waals surface area contributed by atoms with Crippen LogP contribution in [0.4, 0.5) is 0 Å². The van der Waals surface area contributed by atoms with Crippen molar-refractivity contribution in [2.24, 2.45) is 0 Å². The average Bonchev–Trinajstić information content (AvgIpc) is 3.26. The third kappa shape index (κ3) is 21.2. The molecule has 0 saturated heterocycles. The summed E-state index contributed by atoms with van der Waals surface area (Å²) in [4.78, 5) is 11.6. The molecule has 4 N–H and O–H groups in total. The molecule has 240 valence electrons. The van der Waals surface area contributed by atoms with Gasteiger partial charge < -0.3 is 25.2 Å². The van der Waals surface area contributed by atoms with Gasteiger partial charge in [-0.2, -0.15) is 0 Å². The van der Waals surface area contributed by atoms with Gasteiger partial charge in [-0.15, -0.1) is 0 Å². The van der Waals surface area contributed by atoms with Gasteiger partial charge in [0.05, 0.1) is 24.4 Å². The van der Waals surface area contributed by atoms with E-state index in [1.54, 1.807) is 6.08 Å². The Balaban J connectivity index is 1.91. The Morgan fingerprint density at radius 2 is 1.12 bits per heavy atom. The van der Waals surface area contributed by atoms with Gasteiger partial charge in [-0.25, -0.2) is 4.79 Å². The summed E-state index contributed by atoms with van der Waals surface area (Å²) in [6, 6.07) is 0. The van der Waals surface area contributed by atoms with Gasteiger partial charge in [-0.05, 0) is 57.9 Å². The standard InChI is InChI=1S/C35H64O6/c1-3-4-5-6-7-8-9-10-11-12-13-20-25-33(38)34(39)26-21-15-14-17-22-31(36)23-18-16-19-24-32(37)28-30-27-29(2)41-35(30)40/h14-15,27,29,31-34,36-39H,3-13,16-26,28H2,1-2H3/b15-14-/t29-,31+,32+,33+,34-/m1/s1. The summed E-state index contributed by atoms with van der Waals surface area (Å²) in [5.41, 5.74) is 0.578. The Bertz CT molecular complexity index is 690. The van der Waals surface area contributed by atoms with E-state index in [1.807, 2.05) is 13.0 Å². The van der Waals surface area contributed by atoms with Crippen molar-refractivity contribution >= 4 is 5.97 Å². The topological polar surface area (TPSA) is 107 Å². The van der Waals surface area contributed by atoms with Gasteiger partial charge in [0.2, 0.25) is 0 Å². The highest BCUT2D eigenvalue weighted by Crippen LogP contribution is 2.21. The molecule has 0 bridgehead atoms. The third-order valence-corrected chi connectivity index (χ3v) is 8.28. The minimum atomic E-state index is -0.663. The van der Waals surface area contributed by atoms with Gasteiger partial charge in [0.15, 0.2) is 0 Å². The number of cyclic esters (lactones) is 1. The fraction of sp³-hybridized carbons (Fsp3) is 0.857. The lowest BCUT2D eigenvalue weighted by molar-refractivity contribution is -0.139. The lowest BCUT2D eigenvalue weighted by atomic mass is 10.00. The van der Waals surface area contributed by atoms with Crippen LogP contribution >= 0.6 is 0 Å². The Hall–Kier alpha value is -1.21. The van der Waals surface area contributed by atoms with Crippen LogP contribution in [0.15, 0.2) is 23.8 Å². The molecule has 0 aromatic carbocycles. The van der Waals surface area contributed by atoms with Crippen LogP contribution in [-0.2, 0) is 9.53 Å². The number of aliphatic hydroxyl groups excluding tert-OH is 4. The molecule has 0 spiro atoms. The molecule has 0 amide bonds. The number of esters is 1. The molecule has 6 nitrogen and oxygen atoms in total. The van der Waals surface area contributed by atoms with Crippen molar-refractivity contribution in [1.29, 1.82) is 0 Å². The van der Waals surface area contributed by atoms with Gasteiger partial charge >= 0.3 is 5.97 Å². The summed E-state index contributed by atoms with van der Waals surface area (Å²) in [6.07, 6.45) is 27.1. The number of ether oxygens (including phenoxy) is 1. The number of carbonyl (C=O) groups is 1. The van der Waals surface area contributed by atoms with Crippen LogP contribution in [0.5, 0.6) is 0 Å². The zero-order valence-electron chi connectivity index (χ0n) is 26.5. The van der Waals surface area contributed by atoms with Crippen LogP contribution in [0.3, 0.4) is 0 Å². The van der Waals surface area contributed by atoms with E-state index in [1.165, 1.54) is 64.2 Å². The number of unbranched alkanes of at least 4 members (excludes halogenated alkanes) is 13. The molecule has 41 heavy (non-hydrogen) atoms. The van der Waals surface area contributed by atoms with Crippen LogP contribution in [-0.4, -0.2) is 56.9 Å². The van der Waals surface area contributed by atoms with E-state index in [-0.39, 0.29) is 18.2 Å². The normalized spacial score (nSPS) is 18.4. The summed E-state index contributed by atoms with van der Waals surface area (Å²) in [5, 5.41) is 40.9. The molecule has 1 rings (SSSR count). The SMILES string of the molecule is CCCCCCCCCCCCCC[C@H](O)[C@H](O)CC/C=C\CC[C@H](O)CCCCC[C@H](O)CC1=C[C@@H](C)OC1=O. The predicted molar refractivity (Wildman–Crippen MR) is 169 cm³/mol. The zero-order chi connectivity index (χ0) is 30.1. The lowest BCUT2D eigenvalue weighted by Crippen LogP contribution is -2.25. The Labute approximate surface area is 251 Å². The largest absolute Gasteiger partial charge is 0.455 e. The van der Waals surface area contributed by atoms with E-state index in [0.29, 0.717) is 31.3 Å². The summed E-state index contributed by atoms with van der Waals surface area (Å²) < 4.78 is 5.06. The van der Waals surface area contributed by atoms with Crippen LogP contribution < -0.4 is 0 Å². The van der Waals surface area contributed by atoms with E-state index in [4.69, 9.17) is 4.74 Å². The molecule has 1 aliphatic rings. The minimum absolute atomic E-state index is 0.195. The third-order valence-electron chi connectivity index (χ3n) is 8.28. The highest BCUT2D eigenvalue weighted by Gasteiger charge is 2.24. The molecule has 0 radical (unpaired) electrons. The second-order valence-electron chi connectivity index (χ2n) is 12.4. The molecular weight excluding hydrogens is 516 g/mol. The lowest BCUT2D eigenvalue weighted by Gasteiger charge is -2.17. The molecule has 1 heterocycles. The van der Waals surface area contributed by atoms with Crippen molar-refractivity contribution < 1.29 is 30.0 Å². The van der Waals surface area contributed by atoms with E-state index in [0.717, 1.165) is 57.8 Å². The second kappa shape index (κ2) is 25.3. The molecule has 6 heteroatoms. The molecule has 1 aliphatic heterocycles. The monoisotopic (exact) mass is 580 g/mol. The fourth-order valence-electron chi connectivity index (χ4n) is 5.59. The zero-order valence-corrected chi connectivity index (χ0v) is 26.5. The fourth-order valence-corrected chi connectivity index (χ4v) is 5.59. The van der Waals surface area contributed by atoms with E-state index in [2.05, 4.69) is 13.0 Å². The van der Waals surface area contributed by atoms with Crippen LogP contribution in [0.2, 0.25) is 0 Å². The van der Waals surface area contributed by atoms with Crippen molar-refractivity contribution in [3.8, 4) is 0 Å². The summed E-state index contributed by atoms with van der Waals surface area (Å²) >= 11 is 0. The smallest absolute Gasteiger partial charge is 0.334 e. The van der Waals surface area contributed by atoms with Crippen LogP contribution in [0, 0.1) is 0 Å². The van der Waals surface area contributed by atoms with Crippen molar-refractivity contribution in [2.75, 3.05) is 0 Å². The van der Waals surface area contributed by atoms with Crippen molar-refractivity contribution in [1.82, 2.24) is 0 Å². The number of carbonyl (C=O) groups excluding carboxylic acids is 1. The molecule has 5 atom stereocenters. The molecule has 0 aliphatic carbocycles. The van der Waals surface area contributed by atoms with Crippen molar-refractivity contribution in [3.05, 3.63) is 23.8 Å². The van der Waals surface area contributed by atoms with E-state index in [9.17, 15) is 25.2 Å². The van der Waals surface area contributed by atoms with Crippen LogP contribution in [0.1, 0.15) is 162 Å². The first-order chi connectivity index (χ1) is 19.8. The van der Waals surface area contributed by atoms with Crippen LogP contribution in [0.25, 0.3) is 0 Å². The molecule has 0 fully saturated rings. The number of hydrogen-bond donors (Lipinski definition) is 4. The Morgan fingerprint density at radius 1 is 0.659 bits per heavy atom. The highest BCUT2D eigenvalue weighted by atomic mass is 16.5. The summed E-state index contributed by atoms with van der Waals surface area (Å²) in [7, 11) is 0. The Morgan fingerprint density at radius 3 is 1.68 bits per heavy atom. The number of allylic oxidation sites excluding steroid dienone is 2. The van der Waals surface area contributed by atoms with Gasteiger partial charge in [0.25, 0.3) is 0 Å². The second-order valence-corrected chi connectivity index (χ2v) is 12.4. The summed E-state index contributed by atoms with van der Waals surface area (Å²) in [6.45, 7) is 4.08. The van der Waals surface area contributed by atoms with Gasteiger partial charge in [-0.1, -0.05) is 115 Å². The number of hydrogen-bond acceptors (Lipinski definition) is 6. The first kappa shape index (κ1) is 37.8. The first-order valence-electron chi connectivity index (χ1n) is 17.1. The van der Waals surface area contributed by atoms with Crippen molar-refractivity contribution in [3.63, 3.8) is 0 Å². The number of aliphatic hydroxyl groups is 4. The molecule has 0 unspecified atom stereocenters. The molecule has 0 aromatic rings. The molecule has 0 saturated carbocycles. The first-order valence-corrected chi connectivity index (χ1v) is 17.1. The maximum Gasteiger partial charge on any atom is 0.334 e.